The standard InChI is InChI=1S/C15H11FO4/c16-13-4-2-1-3-12(13)14(18)9-20-15(19)10-5-7-11(17)8-6-10/h1-8,17H,9H2. The maximum Gasteiger partial charge on any atom is 0.338 e. The number of carbonyl (C=O) groups is 2. The molecule has 0 fully saturated rings. The van der Waals surface area contributed by atoms with E-state index in [1.807, 2.05) is 0 Å². The van der Waals surface area contributed by atoms with E-state index in [1.54, 1.807) is 0 Å². The van der Waals surface area contributed by atoms with Crippen LogP contribution in [0.15, 0.2) is 48.5 Å². The van der Waals surface area contributed by atoms with E-state index in [1.165, 1.54) is 42.5 Å². The summed E-state index contributed by atoms with van der Waals surface area (Å²) in [5, 5.41) is 9.09. The average Bonchev–Trinajstić information content (AvgIpc) is 2.45. The zero-order valence-corrected chi connectivity index (χ0v) is 10.4. The van der Waals surface area contributed by atoms with Crippen LogP contribution < -0.4 is 0 Å². The average molecular weight is 274 g/mol. The molecule has 1 N–H and O–H groups in total. The summed E-state index contributed by atoms with van der Waals surface area (Å²) in [7, 11) is 0. The van der Waals surface area contributed by atoms with Gasteiger partial charge >= 0.3 is 5.97 Å². The van der Waals surface area contributed by atoms with Crippen molar-refractivity contribution in [3.63, 3.8) is 0 Å². The first-order valence-corrected chi connectivity index (χ1v) is 5.82. The minimum atomic E-state index is -0.713. The molecule has 2 aromatic rings. The number of carbonyl (C=O) groups excluding carboxylic acids is 2. The van der Waals surface area contributed by atoms with E-state index >= 15 is 0 Å². The van der Waals surface area contributed by atoms with Crippen LogP contribution in [0.5, 0.6) is 5.75 Å². The summed E-state index contributed by atoms with van der Waals surface area (Å²) in [5.41, 5.74) is 0.0788. The molecule has 5 heteroatoms. The lowest BCUT2D eigenvalue weighted by atomic mass is 10.1. The van der Waals surface area contributed by atoms with Crippen LogP contribution >= 0.6 is 0 Å². The first kappa shape index (κ1) is 13.7. The van der Waals surface area contributed by atoms with E-state index in [-0.39, 0.29) is 16.9 Å². The van der Waals surface area contributed by atoms with Crippen LogP contribution in [0.4, 0.5) is 4.39 Å². The van der Waals surface area contributed by atoms with Gasteiger partial charge in [0, 0.05) is 0 Å². The van der Waals surface area contributed by atoms with Crippen LogP contribution in [0.1, 0.15) is 20.7 Å². The third kappa shape index (κ3) is 3.20. The SMILES string of the molecule is O=C(OCC(=O)c1ccccc1F)c1ccc(O)cc1. The van der Waals surface area contributed by atoms with Gasteiger partial charge in [0.15, 0.2) is 6.61 Å². The predicted octanol–water partition coefficient (Wildman–Crippen LogP) is 2.57. The summed E-state index contributed by atoms with van der Waals surface area (Å²) in [5.74, 6) is -1.97. The second-order valence-corrected chi connectivity index (χ2v) is 4.03. The number of phenolic OH excluding ortho intramolecular Hbond substituents is 1. The first-order chi connectivity index (χ1) is 9.58. The third-order valence-electron chi connectivity index (χ3n) is 2.61. The number of phenols is 1. The Hall–Kier alpha value is -2.69. The minimum Gasteiger partial charge on any atom is -0.508 e. The number of ketones is 1. The highest BCUT2D eigenvalue weighted by Crippen LogP contribution is 2.11. The van der Waals surface area contributed by atoms with Gasteiger partial charge in [-0.15, -0.1) is 0 Å². The van der Waals surface area contributed by atoms with E-state index in [0.717, 1.165) is 6.07 Å². The van der Waals surface area contributed by atoms with E-state index in [2.05, 4.69) is 0 Å². The monoisotopic (exact) mass is 274 g/mol. The Morgan fingerprint density at radius 2 is 1.70 bits per heavy atom. The smallest absolute Gasteiger partial charge is 0.338 e. The molecular formula is C15H11FO4. The van der Waals surface area contributed by atoms with Gasteiger partial charge in [-0.2, -0.15) is 0 Å². The van der Waals surface area contributed by atoms with E-state index in [4.69, 9.17) is 9.84 Å². The molecule has 0 unspecified atom stereocenters. The van der Waals surface area contributed by atoms with Gasteiger partial charge in [0.05, 0.1) is 11.1 Å². The zero-order chi connectivity index (χ0) is 14.5. The van der Waals surface area contributed by atoms with Crippen LogP contribution in [0, 0.1) is 5.82 Å². The van der Waals surface area contributed by atoms with Crippen molar-refractivity contribution in [2.45, 2.75) is 0 Å². The fraction of sp³-hybridized carbons (Fsp3) is 0.0667. The summed E-state index contributed by atoms with van der Waals surface area (Å²) < 4.78 is 18.1. The Morgan fingerprint density at radius 3 is 2.35 bits per heavy atom. The molecule has 2 rings (SSSR count). The fourth-order valence-electron chi connectivity index (χ4n) is 1.58. The van der Waals surface area contributed by atoms with Crippen LogP contribution in [-0.2, 0) is 4.74 Å². The quantitative estimate of drug-likeness (QED) is 0.687. The molecule has 0 saturated carbocycles. The van der Waals surface area contributed by atoms with Gasteiger partial charge < -0.3 is 9.84 Å². The Balaban J connectivity index is 1.99. The largest absolute Gasteiger partial charge is 0.508 e. The Kier molecular flexibility index (Phi) is 4.10. The number of benzene rings is 2. The van der Waals surface area contributed by atoms with Crippen molar-refractivity contribution in [2.75, 3.05) is 6.61 Å². The number of rotatable bonds is 4. The van der Waals surface area contributed by atoms with Crippen molar-refractivity contribution >= 4 is 11.8 Å². The van der Waals surface area contributed by atoms with Crippen molar-refractivity contribution in [3.8, 4) is 5.75 Å². The molecule has 0 saturated heterocycles. The number of hydrogen-bond donors (Lipinski definition) is 1. The second kappa shape index (κ2) is 5.97. The summed E-state index contributed by atoms with van der Waals surface area (Å²) in [4.78, 5) is 23.3. The molecule has 102 valence electrons. The summed E-state index contributed by atoms with van der Waals surface area (Å²) in [6.45, 7) is -0.541. The van der Waals surface area contributed by atoms with Crippen molar-refractivity contribution in [2.24, 2.45) is 0 Å². The molecule has 0 radical (unpaired) electrons. The van der Waals surface area contributed by atoms with E-state index in [0.29, 0.717) is 0 Å². The number of halogens is 1. The highest BCUT2D eigenvalue weighted by molar-refractivity contribution is 5.99. The fourth-order valence-corrected chi connectivity index (χ4v) is 1.58. The number of Topliss-reactive ketones (excluding diaryl/α,β-unsaturated/α-hetero) is 1. The maximum atomic E-state index is 13.3. The van der Waals surface area contributed by atoms with Gasteiger partial charge in [0.25, 0.3) is 0 Å². The zero-order valence-electron chi connectivity index (χ0n) is 10.4. The molecule has 0 spiro atoms. The second-order valence-electron chi connectivity index (χ2n) is 4.03. The molecule has 2 aromatic carbocycles. The van der Waals surface area contributed by atoms with Gasteiger partial charge in [-0.05, 0) is 36.4 Å². The minimum absolute atomic E-state index is 0.0176. The normalized spacial score (nSPS) is 10.1. The molecule has 0 aliphatic carbocycles. The molecule has 20 heavy (non-hydrogen) atoms. The highest BCUT2D eigenvalue weighted by Gasteiger charge is 2.14. The van der Waals surface area contributed by atoms with Crippen molar-refractivity contribution in [1.82, 2.24) is 0 Å². The number of ether oxygens (including phenoxy) is 1. The summed E-state index contributed by atoms with van der Waals surface area (Å²) >= 11 is 0. The number of esters is 1. The Labute approximate surface area is 114 Å². The summed E-state index contributed by atoms with van der Waals surface area (Å²) in [6, 6.07) is 10.9. The molecule has 4 nitrogen and oxygen atoms in total. The third-order valence-corrected chi connectivity index (χ3v) is 2.61. The molecule has 0 amide bonds. The molecule has 0 atom stereocenters. The van der Waals surface area contributed by atoms with Gasteiger partial charge in [0.1, 0.15) is 11.6 Å². The lowest BCUT2D eigenvalue weighted by Crippen LogP contribution is -2.15. The van der Waals surface area contributed by atoms with Crippen LogP contribution in [-0.4, -0.2) is 23.5 Å². The van der Waals surface area contributed by atoms with E-state index < -0.39 is 24.2 Å². The maximum absolute atomic E-state index is 13.3. The Bertz CT molecular complexity index is 635. The molecule has 0 aliphatic heterocycles. The predicted molar refractivity (Wildman–Crippen MR) is 69.1 cm³/mol. The number of aromatic hydroxyl groups is 1. The van der Waals surface area contributed by atoms with Crippen molar-refractivity contribution < 1.29 is 23.8 Å². The molecule has 0 aliphatic rings. The lowest BCUT2D eigenvalue weighted by Gasteiger charge is -2.05. The van der Waals surface area contributed by atoms with Gasteiger partial charge in [0.2, 0.25) is 5.78 Å². The van der Waals surface area contributed by atoms with Gasteiger partial charge in [-0.3, -0.25) is 4.79 Å². The topological polar surface area (TPSA) is 63.6 Å². The van der Waals surface area contributed by atoms with E-state index in [9.17, 15) is 14.0 Å². The molecule has 0 heterocycles. The van der Waals surface area contributed by atoms with Crippen LogP contribution in [0.25, 0.3) is 0 Å². The Morgan fingerprint density at radius 1 is 1.05 bits per heavy atom. The van der Waals surface area contributed by atoms with Crippen molar-refractivity contribution in [3.05, 3.63) is 65.5 Å². The van der Waals surface area contributed by atoms with Crippen LogP contribution in [0.3, 0.4) is 0 Å². The van der Waals surface area contributed by atoms with Gasteiger partial charge in [-0.25, -0.2) is 9.18 Å². The van der Waals surface area contributed by atoms with Crippen LogP contribution in [0.2, 0.25) is 0 Å². The summed E-state index contributed by atoms with van der Waals surface area (Å²) in [6.07, 6.45) is 0. The molecule has 0 bridgehead atoms. The van der Waals surface area contributed by atoms with Crippen molar-refractivity contribution in [1.29, 1.82) is 0 Å². The molecule has 0 aromatic heterocycles. The van der Waals surface area contributed by atoms with Gasteiger partial charge in [-0.1, -0.05) is 12.1 Å². The number of hydrogen-bond acceptors (Lipinski definition) is 4. The molecular weight excluding hydrogens is 263 g/mol. The first-order valence-electron chi connectivity index (χ1n) is 5.82. The highest BCUT2D eigenvalue weighted by atomic mass is 19.1. The lowest BCUT2D eigenvalue weighted by molar-refractivity contribution is 0.0473.